The SMILES string of the molecule is CC(C)(C)OC(=O)CCC(=O)[O-].[Cs+]. The molecule has 13 heavy (non-hydrogen) atoms. The molecule has 0 aromatic carbocycles. The quantitative estimate of drug-likeness (QED) is 0.517. The summed E-state index contributed by atoms with van der Waals surface area (Å²) in [5.74, 6) is -1.74. The van der Waals surface area contributed by atoms with Crippen LogP contribution in [0, 0.1) is 0 Å². The van der Waals surface area contributed by atoms with Crippen LogP contribution in [0.1, 0.15) is 33.6 Å². The first-order chi connectivity index (χ1) is 5.31. The predicted octanol–water partition coefficient (Wildman–Crippen LogP) is -3.14. The van der Waals surface area contributed by atoms with Gasteiger partial charge in [-0.2, -0.15) is 0 Å². The van der Waals surface area contributed by atoms with E-state index in [9.17, 15) is 14.7 Å². The summed E-state index contributed by atoms with van der Waals surface area (Å²) in [4.78, 5) is 20.8. The molecule has 0 saturated heterocycles. The number of rotatable bonds is 3. The minimum Gasteiger partial charge on any atom is -0.550 e. The molecule has 0 bridgehead atoms. The third kappa shape index (κ3) is 13.0. The average molecular weight is 306 g/mol. The van der Waals surface area contributed by atoms with Gasteiger partial charge in [-0.3, -0.25) is 4.79 Å². The largest absolute Gasteiger partial charge is 1.00 e. The number of carboxylic acids is 1. The van der Waals surface area contributed by atoms with Crippen molar-refractivity contribution in [3.63, 3.8) is 0 Å². The first-order valence-corrected chi connectivity index (χ1v) is 3.73. The summed E-state index contributed by atoms with van der Waals surface area (Å²) in [6.45, 7) is 5.18. The first-order valence-electron chi connectivity index (χ1n) is 3.73. The standard InChI is InChI=1S/C8H14O4.Cs/c1-8(2,3)12-7(11)5-4-6(9)10;/h4-5H2,1-3H3,(H,9,10);/q;+1/p-1. The molecule has 0 fully saturated rings. The van der Waals surface area contributed by atoms with E-state index < -0.39 is 17.5 Å². The van der Waals surface area contributed by atoms with Crippen LogP contribution in [-0.2, 0) is 14.3 Å². The van der Waals surface area contributed by atoms with Crippen LogP contribution < -0.4 is 74.0 Å². The Morgan fingerprint density at radius 2 is 1.69 bits per heavy atom. The Morgan fingerprint density at radius 1 is 1.23 bits per heavy atom. The maximum absolute atomic E-state index is 10.8. The van der Waals surface area contributed by atoms with E-state index in [0.29, 0.717) is 0 Å². The number of hydrogen-bond donors (Lipinski definition) is 0. The van der Waals surface area contributed by atoms with Crippen LogP contribution in [0.25, 0.3) is 0 Å². The molecule has 5 heteroatoms. The zero-order valence-corrected chi connectivity index (χ0v) is 14.8. The summed E-state index contributed by atoms with van der Waals surface area (Å²) in [7, 11) is 0. The van der Waals surface area contributed by atoms with Crippen molar-refractivity contribution < 1.29 is 88.3 Å². The number of esters is 1. The molecule has 0 atom stereocenters. The second kappa shape index (κ2) is 7.31. The molecular formula is C8H13CsO4. The van der Waals surface area contributed by atoms with E-state index in [0.717, 1.165) is 0 Å². The van der Waals surface area contributed by atoms with Gasteiger partial charge in [0.25, 0.3) is 0 Å². The van der Waals surface area contributed by atoms with Gasteiger partial charge in [-0.25, -0.2) is 0 Å². The van der Waals surface area contributed by atoms with Crippen LogP contribution in [0.15, 0.2) is 0 Å². The van der Waals surface area contributed by atoms with Crippen molar-refractivity contribution in [1.29, 1.82) is 0 Å². The van der Waals surface area contributed by atoms with Crippen LogP contribution in [-0.4, -0.2) is 17.5 Å². The molecule has 0 N–H and O–H groups in total. The minimum atomic E-state index is -1.24. The third-order valence-corrected chi connectivity index (χ3v) is 0.953. The van der Waals surface area contributed by atoms with Crippen LogP contribution >= 0.6 is 0 Å². The van der Waals surface area contributed by atoms with Gasteiger partial charge < -0.3 is 14.6 Å². The molecule has 0 unspecified atom stereocenters. The van der Waals surface area contributed by atoms with E-state index in [2.05, 4.69) is 0 Å². The Bertz CT molecular complexity index is 183. The first kappa shape index (κ1) is 16.4. The number of ether oxygens (including phenoxy) is 1. The second-order valence-electron chi connectivity index (χ2n) is 3.46. The number of aliphatic carboxylic acids is 1. The average Bonchev–Trinajstić information content (AvgIpc) is 1.79. The fraction of sp³-hybridized carbons (Fsp3) is 0.750. The maximum Gasteiger partial charge on any atom is 1.00 e. The van der Waals surface area contributed by atoms with Crippen molar-refractivity contribution in [3.8, 4) is 0 Å². The predicted molar refractivity (Wildman–Crippen MR) is 40.1 cm³/mol. The van der Waals surface area contributed by atoms with Gasteiger partial charge in [0.05, 0.1) is 6.42 Å². The fourth-order valence-corrected chi connectivity index (χ4v) is 0.597. The zero-order valence-electron chi connectivity index (χ0n) is 8.55. The van der Waals surface area contributed by atoms with Gasteiger partial charge in [0.2, 0.25) is 0 Å². The Labute approximate surface area is 137 Å². The topological polar surface area (TPSA) is 66.4 Å². The monoisotopic (exact) mass is 306 g/mol. The van der Waals surface area contributed by atoms with Crippen molar-refractivity contribution in [2.24, 2.45) is 0 Å². The Hall–Kier alpha value is 0.992. The molecule has 70 valence electrons. The molecule has 0 spiro atoms. The molecule has 0 aliphatic rings. The van der Waals surface area contributed by atoms with Gasteiger partial charge in [0.1, 0.15) is 5.60 Å². The maximum atomic E-state index is 10.8. The number of carbonyl (C=O) groups is 2. The normalized spacial score (nSPS) is 10.1. The molecule has 0 saturated carbocycles. The Balaban J connectivity index is 0. The van der Waals surface area contributed by atoms with Gasteiger partial charge in [0, 0.05) is 5.97 Å². The van der Waals surface area contributed by atoms with Gasteiger partial charge >= 0.3 is 74.9 Å². The molecule has 0 radical (unpaired) electrons. The molecule has 0 aliphatic heterocycles. The van der Waals surface area contributed by atoms with Crippen molar-refractivity contribution >= 4 is 11.9 Å². The van der Waals surface area contributed by atoms with E-state index in [-0.39, 0.29) is 81.7 Å². The van der Waals surface area contributed by atoms with Gasteiger partial charge in [-0.1, -0.05) is 0 Å². The van der Waals surface area contributed by atoms with Crippen molar-refractivity contribution in [1.82, 2.24) is 0 Å². The van der Waals surface area contributed by atoms with Crippen LogP contribution in [0.4, 0.5) is 0 Å². The third-order valence-electron chi connectivity index (χ3n) is 0.953. The van der Waals surface area contributed by atoms with Gasteiger partial charge in [0.15, 0.2) is 0 Å². The Morgan fingerprint density at radius 3 is 2.00 bits per heavy atom. The van der Waals surface area contributed by atoms with E-state index in [4.69, 9.17) is 4.74 Å². The molecule has 0 amide bonds. The van der Waals surface area contributed by atoms with E-state index >= 15 is 0 Å². The zero-order chi connectivity index (χ0) is 9.78. The van der Waals surface area contributed by atoms with Crippen LogP contribution in [0.2, 0.25) is 0 Å². The molecule has 0 heterocycles. The van der Waals surface area contributed by atoms with Crippen molar-refractivity contribution in [2.75, 3.05) is 0 Å². The van der Waals surface area contributed by atoms with Crippen LogP contribution in [0.5, 0.6) is 0 Å². The Kier molecular flexibility index (Phi) is 9.23. The van der Waals surface area contributed by atoms with E-state index in [1.165, 1.54) is 0 Å². The van der Waals surface area contributed by atoms with Gasteiger partial charge in [-0.15, -0.1) is 0 Å². The summed E-state index contributed by atoms with van der Waals surface area (Å²) >= 11 is 0. The smallest absolute Gasteiger partial charge is 0.550 e. The van der Waals surface area contributed by atoms with E-state index in [1.807, 2.05) is 0 Å². The molecule has 0 aromatic rings. The number of carboxylic acid groups (broad SMARTS) is 1. The van der Waals surface area contributed by atoms with Crippen LogP contribution in [0.3, 0.4) is 0 Å². The summed E-state index contributed by atoms with van der Waals surface area (Å²) in [5.41, 5.74) is -0.553. The molecule has 0 aliphatic carbocycles. The molecule has 0 rings (SSSR count). The fourth-order valence-electron chi connectivity index (χ4n) is 0.597. The molecule has 0 aromatic heterocycles. The number of carbonyl (C=O) groups excluding carboxylic acids is 2. The molecular weight excluding hydrogens is 293 g/mol. The summed E-state index contributed by atoms with van der Waals surface area (Å²) in [6, 6.07) is 0. The summed E-state index contributed by atoms with van der Waals surface area (Å²) in [6.07, 6.45) is -0.408. The second-order valence-corrected chi connectivity index (χ2v) is 3.46. The minimum absolute atomic E-state index is 0. The van der Waals surface area contributed by atoms with Gasteiger partial charge in [-0.05, 0) is 27.2 Å². The number of hydrogen-bond acceptors (Lipinski definition) is 4. The summed E-state index contributed by atoms with van der Waals surface area (Å²) in [5, 5.41) is 9.95. The summed E-state index contributed by atoms with van der Waals surface area (Å²) < 4.78 is 4.86. The molecule has 4 nitrogen and oxygen atoms in total. The van der Waals surface area contributed by atoms with E-state index in [1.54, 1.807) is 20.8 Å². The van der Waals surface area contributed by atoms with Crippen molar-refractivity contribution in [3.05, 3.63) is 0 Å². The van der Waals surface area contributed by atoms with Crippen molar-refractivity contribution in [2.45, 2.75) is 39.2 Å².